The van der Waals surface area contributed by atoms with Gasteiger partial charge in [-0.15, -0.1) is 11.8 Å². The van der Waals surface area contributed by atoms with Crippen molar-refractivity contribution in [2.24, 2.45) is 5.92 Å². The fourth-order valence-corrected chi connectivity index (χ4v) is 8.22. The number of thioether (sulfide) groups is 1. The maximum atomic E-state index is 13.9. The number of aromatic nitrogens is 2. The second-order valence-electron chi connectivity index (χ2n) is 14.0. The van der Waals surface area contributed by atoms with Gasteiger partial charge in [0.05, 0.1) is 12.2 Å². The van der Waals surface area contributed by atoms with Gasteiger partial charge >= 0.3 is 0 Å². The average Bonchev–Trinajstić information content (AvgIpc) is 3.43. The van der Waals surface area contributed by atoms with Crippen LogP contribution in [0.3, 0.4) is 0 Å². The molecule has 11 heteroatoms. The lowest BCUT2D eigenvalue weighted by molar-refractivity contribution is -0.123. The van der Waals surface area contributed by atoms with Gasteiger partial charge in [-0.05, 0) is 98.0 Å². The average molecular weight is 676 g/mol. The van der Waals surface area contributed by atoms with E-state index >= 15 is 0 Å². The van der Waals surface area contributed by atoms with Crippen molar-refractivity contribution in [2.75, 3.05) is 38.3 Å². The van der Waals surface area contributed by atoms with Crippen molar-refractivity contribution in [3.8, 4) is 22.6 Å². The number of hydrogen-bond acceptors (Lipinski definition) is 9. The Balaban J connectivity index is 1.34. The number of aryl methyl sites for hydroxylation is 1. The summed E-state index contributed by atoms with van der Waals surface area (Å²) in [6.07, 6.45) is 8.16. The minimum atomic E-state index is -0.857. The Morgan fingerprint density at radius 2 is 1.77 bits per heavy atom. The monoisotopic (exact) mass is 675 g/mol. The van der Waals surface area contributed by atoms with Crippen LogP contribution in [0, 0.1) is 19.8 Å². The molecule has 3 aliphatic rings. The van der Waals surface area contributed by atoms with E-state index in [1.54, 1.807) is 0 Å². The summed E-state index contributed by atoms with van der Waals surface area (Å²) in [7, 11) is 4.29. The smallest absolute Gasteiger partial charge is 0.254 e. The van der Waals surface area contributed by atoms with E-state index in [2.05, 4.69) is 48.0 Å². The van der Waals surface area contributed by atoms with Gasteiger partial charge in [0.15, 0.2) is 11.5 Å². The third-order valence-corrected chi connectivity index (χ3v) is 11.0. The predicted molar refractivity (Wildman–Crippen MR) is 190 cm³/mol. The van der Waals surface area contributed by atoms with Crippen molar-refractivity contribution in [1.82, 2.24) is 20.2 Å². The molecular weight excluding hydrogens is 627 g/mol. The van der Waals surface area contributed by atoms with Crippen LogP contribution in [0.5, 0.6) is 11.5 Å². The summed E-state index contributed by atoms with van der Waals surface area (Å²) in [4.78, 5) is 39.8. The zero-order valence-electron chi connectivity index (χ0n) is 29.4. The lowest BCUT2D eigenvalue weighted by Crippen LogP contribution is -2.46. The lowest BCUT2D eigenvalue weighted by Gasteiger charge is -2.39. The number of carbonyl (C=O) groups excluding carboxylic acids is 1. The van der Waals surface area contributed by atoms with Crippen LogP contribution in [0.4, 0.5) is 5.82 Å². The highest BCUT2D eigenvalue weighted by Gasteiger charge is 2.47. The molecule has 6 rings (SSSR count). The molecule has 0 radical (unpaired) electrons. The number of carbonyl (C=O) groups is 1. The van der Waals surface area contributed by atoms with Crippen molar-refractivity contribution < 1.29 is 19.0 Å². The molecule has 0 bridgehead atoms. The first kappa shape index (κ1) is 34.3. The Hall–Kier alpha value is -3.54. The van der Waals surface area contributed by atoms with Gasteiger partial charge in [0, 0.05) is 83.1 Å². The van der Waals surface area contributed by atoms with E-state index in [-0.39, 0.29) is 36.1 Å². The summed E-state index contributed by atoms with van der Waals surface area (Å²) >= 11 is 1.49. The van der Waals surface area contributed by atoms with Gasteiger partial charge in [-0.2, -0.15) is 0 Å². The van der Waals surface area contributed by atoms with E-state index < -0.39 is 5.79 Å². The fourth-order valence-electron chi connectivity index (χ4n) is 7.51. The summed E-state index contributed by atoms with van der Waals surface area (Å²) in [6, 6.07) is 8.43. The highest BCUT2D eigenvalue weighted by Crippen LogP contribution is 2.53. The Morgan fingerprint density at radius 3 is 2.40 bits per heavy atom. The number of anilines is 1. The second-order valence-corrected chi connectivity index (χ2v) is 14.9. The van der Waals surface area contributed by atoms with E-state index in [9.17, 15) is 9.59 Å². The summed E-state index contributed by atoms with van der Waals surface area (Å²) < 4.78 is 19.5. The van der Waals surface area contributed by atoms with Crippen LogP contribution < -0.4 is 25.2 Å². The Kier molecular flexibility index (Phi) is 9.84. The summed E-state index contributed by atoms with van der Waals surface area (Å²) in [5.74, 6) is 1.18. The normalized spacial score (nSPS) is 25.4. The molecule has 1 aromatic carbocycles. The highest BCUT2D eigenvalue weighted by atomic mass is 32.2. The molecule has 3 aromatic rings. The molecule has 2 aliphatic heterocycles. The van der Waals surface area contributed by atoms with E-state index in [1.165, 1.54) is 11.8 Å². The van der Waals surface area contributed by atoms with Crippen molar-refractivity contribution in [3.63, 3.8) is 0 Å². The number of nitrogens with zero attached hydrogens (tertiary/aromatic N) is 3. The number of pyridine rings is 2. The van der Waals surface area contributed by atoms with E-state index in [0.717, 1.165) is 66.3 Å². The van der Waals surface area contributed by atoms with Crippen LogP contribution >= 0.6 is 11.8 Å². The van der Waals surface area contributed by atoms with Crippen LogP contribution in [-0.2, 0) is 11.3 Å². The second kappa shape index (κ2) is 13.8. The topological polar surface area (TPSA) is 109 Å². The van der Waals surface area contributed by atoms with Crippen LogP contribution in [0.1, 0.15) is 73.6 Å². The molecule has 2 aromatic heterocycles. The van der Waals surface area contributed by atoms with Gasteiger partial charge in [-0.25, -0.2) is 4.98 Å². The highest BCUT2D eigenvalue weighted by molar-refractivity contribution is 7.98. The van der Waals surface area contributed by atoms with Gasteiger partial charge in [-0.1, -0.05) is 0 Å². The number of benzene rings is 1. The molecule has 1 saturated heterocycles. The summed E-state index contributed by atoms with van der Waals surface area (Å²) in [5, 5.41) is 3.01. The van der Waals surface area contributed by atoms with Crippen LogP contribution in [-0.4, -0.2) is 78.3 Å². The number of nitrogens with one attached hydrogen (secondary N) is 2. The molecule has 258 valence electrons. The molecular formula is C37H49N5O5S. The third-order valence-electron chi connectivity index (χ3n) is 10.2. The van der Waals surface area contributed by atoms with Gasteiger partial charge in [0.1, 0.15) is 5.82 Å². The molecule has 0 spiro atoms. The van der Waals surface area contributed by atoms with Crippen molar-refractivity contribution >= 4 is 23.5 Å². The fraction of sp³-hybridized carbons (Fsp3) is 0.541. The van der Waals surface area contributed by atoms with Crippen LogP contribution in [0.25, 0.3) is 11.1 Å². The molecule has 4 heterocycles. The number of morpholine rings is 1. The predicted octanol–water partition coefficient (Wildman–Crippen LogP) is 5.93. The zero-order chi connectivity index (χ0) is 34.3. The lowest BCUT2D eigenvalue weighted by atomic mass is 9.81. The Morgan fingerprint density at radius 1 is 1.08 bits per heavy atom. The zero-order valence-corrected chi connectivity index (χ0v) is 30.3. The van der Waals surface area contributed by atoms with Crippen LogP contribution in [0.15, 0.2) is 40.2 Å². The number of hydrogen-bond donors (Lipinski definition) is 2. The van der Waals surface area contributed by atoms with E-state index in [1.807, 2.05) is 57.5 Å². The molecule has 1 unspecified atom stereocenters. The van der Waals surface area contributed by atoms with Crippen LogP contribution in [0.2, 0.25) is 0 Å². The van der Waals surface area contributed by atoms with Gasteiger partial charge in [0.2, 0.25) is 0 Å². The largest absolute Gasteiger partial charge is 0.448 e. The molecule has 48 heavy (non-hydrogen) atoms. The Bertz CT molecular complexity index is 1710. The van der Waals surface area contributed by atoms with Crippen molar-refractivity contribution in [1.29, 1.82) is 0 Å². The van der Waals surface area contributed by atoms with Gasteiger partial charge in [0.25, 0.3) is 17.3 Å². The number of H-pyrrole nitrogens is 1. The molecule has 3 atom stereocenters. The third kappa shape index (κ3) is 6.82. The van der Waals surface area contributed by atoms with Crippen molar-refractivity contribution in [3.05, 3.63) is 63.2 Å². The quantitative estimate of drug-likeness (QED) is 0.281. The summed E-state index contributed by atoms with van der Waals surface area (Å²) in [5.41, 5.74) is 3.90. The number of aromatic amines is 1. The first-order valence-electron chi connectivity index (χ1n) is 17.0. The minimum Gasteiger partial charge on any atom is -0.448 e. The number of amides is 1. The summed E-state index contributed by atoms with van der Waals surface area (Å²) in [6.45, 7) is 11.6. The molecule has 1 amide bonds. The molecule has 1 saturated carbocycles. The molecule has 1 aliphatic carbocycles. The van der Waals surface area contributed by atoms with Gasteiger partial charge in [-0.3, -0.25) is 9.59 Å². The van der Waals surface area contributed by atoms with Crippen molar-refractivity contribution in [2.45, 2.75) is 95.8 Å². The molecule has 2 N–H and O–H groups in total. The maximum absolute atomic E-state index is 13.9. The number of ether oxygens (including phenoxy) is 3. The first-order chi connectivity index (χ1) is 22.9. The Labute approximate surface area is 287 Å². The standard InChI is InChI=1S/C37H49N5O5S/c1-21-15-31(48-8)30(36(44)40-21)18-39-35(43)28-16-29(25-9-14-32(38-17-25)42-19-22(2)45-23(3)20-42)34-33(24(28)4)46-37(5,47-34)26-10-12-27(13-11-26)41(6)7/h9,14-17,22-23,26-27H,10-13,18-20H2,1-8H3,(H,39,43)(H,40,44)/t22-,23+,26-,27-,37?. The SMILES string of the molecule is CSc1cc(C)[nH]c(=O)c1CNC(=O)c1cc(-c2ccc(N3C[C@@H](C)O[C@@H](C)C3)nc2)c2c(c1C)OC(C)([C@H]1CC[C@H](N(C)C)CC1)O2. The first-order valence-corrected chi connectivity index (χ1v) is 18.2. The van der Waals surface area contributed by atoms with Gasteiger partial charge < -0.3 is 34.3 Å². The van der Waals surface area contributed by atoms with E-state index in [0.29, 0.717) is 34.2 Å². The van der Waals surface area contributed by atoms with E-state index in [4.69, 9.17) is 19.2 Å². The molecule has 2 fully saturated rings. The number of rotatable bonds is 8. The maximum Gasteiger partial charge on any atom is 0.254 e. The molecule has 10 nitrogen and oxygen atoms in total. The minimum absolute atomic E-state index is 0.104. The number of fused-ring (bicyclic) bond motifs is 1.